The smallest absolute Gasteiger partial charge is 0.186 e. The van der Waals surface area contributed by atoms with Crippen molar-refractivity contribution >= 4 is 0 Å². The molecule has 1 N–H and O–H groups in total. The highest BCUT2D eigenvalue weighted by atomic mass is 16.8. The molecule has 2 heterocycles. The Bertz CT molecular complexity index is 217. The summed E-state index contributed by atoms with van der Waals surface area (Å²) < 4.78 is 21.5. The summed E-state index contributed by atoms with van der Waals surface area (Å²) in [5, 5.41) is 9.64. The molecular weight excluding hydrogens is 188 g/mol. The molecule has 4 atom stereocenters. The van der Waals surface area contributed by atoms with Crippen molar-refractivity contribution < 1.29 is 24.1 Å². The zero-order valence-electron chi connectivity index (χ0n) is 8.60. The molecule has 5 nitrogen and oxygen atoms in total. The molecule has 14 heavy (non-hydrogen) atoms. The quantitative estimate of drug-likeness (QED) is 0.644. The van der Waals surface area contributed by atoms with E-state index in [9.17, 15) is 5.11 Å². The molecule has 0 radical (unpaired) electrons. The van der Waals surface area contributed by atoms with Gasteiger partial charge in [-0.25, -0.2) is 0 Å². The standard InChI is InChI=1S/C9H16O5/c1-9(2)13-6-5(10)4-12-8(11-3)7(6)14-9/h5-8,10H,4H2,1-3H3/t5-,6+,7-,8+/m1/s1. The average molecular weight is 204 g/mol. The maximum Gasteiger partial charge on any atom is 0.186 e. The van der Waals surface area contributed by atoms with Gasteiger partial charge in [0.15, 0.2) is 12.1 Å². The van der Waals surface area contributed by atoms with E-state index in [0.717, 1.165) is 0 Å². The van der Waals surface area contributed by atoms with E-state index in [4.69, 9.17) is 18.9 Å². The lowest BCUT2D eigenvalue weighted by molar-refractivity contribution is -0.237. The van der Waals surface area contributed by atoms with Gasteiger partial charge < -0.3 is 24.1 Å². The van der Waals surface area contributed by atoms with Gasteiger partial charge in [0.05, 0.1) is 6.61 Å². The van der Waals surface area contributed by atoms with Crippen LogP contribution in [0.1, 0.15) is 13.8 Å². The molecule has 0 spiro atoms. The summed E-state index contributed by atoms with van der Waals surface area (Å²) >= 11 is 0. The molecule has 2 rings (SSSR count). The van der Waals surface area contributed by atoms with Crippen molar-refractivity contribution in [2.24, 2.45) is 0 Å². The molecule has 0 aromatic rings. The summed E-state index contributed by atoms with van der Waals surface area (Å²) in [4.78, 5) is 0. The topological polar surface area (TPSA) is 57.2 Å². The van der Waals surface area contributed by atoms with Gasteiger partial charge >= 0.3 is 0 Å². The second kappa shape index (κ2) is 3.43. The minimum absolute atomic E-state index is 0.221. The minimum atomic E-state index is -0.680. The van der Waals surface area contributed by atoms with E-state index >= 15 is 0 Å². The number of aliphatic hydroxyl groups is 1. The molecule has 2 saturated heterocycles. The van der Waals surface area contributed by atoms with Crippen molar-refractivity contribution in [3.63, 3.8) is 0 Å². The number of rotatable bonds is 1. The number of fused-ring (bicyclic) bond motifs is 1. The summed E-state index contributed by atoms with van der Waals surface area (Å²) in [6.07, 6.45) is -1.80. The molecule has 5 heteroatoms. The molecule has 0 unspecified atom stereocenters. The first-order valence-corrected chi connectivity index (χ1v) is 4.71. The third-order valence-corrected chi connectivity index (χ3v) is 2.47. The Kier molecular flexibility index (Phi) is 2.53. The molecule has 2 aliphatic heterocycles. The van der Waals surface area contributed by atoms with Crippen LogP contribution in [0, 0.1) is 0 Å². The fraction of sp³-hybridized carbons (Fsp3) is 1.00. The van der Waals surface area contributed by atoms with Crippen molar-refractivity contribution in [3.05, 3.63) is 0 Å². The normalized spacial score (nSPS) is 46.3. The third-order valence-electron chi connectivity index (χ3n) is 2.47. The first kappa shape index (κ1) is 10.3. The Morgan fingerprint density at radius 1 is 1.29 bits per heavy atom. The van der Waals surface area contributed by atoms with E-state index < -0.39 is 18.2 Å². The summed E-state index contributed by atoms with van der Waals surface area (Å²) in [5.41, 5.74) is 0. The second-order valence-corrected chi connectivity index (χ2v) is 4.07. The van der Waals surface area contributed by atoms with Gasteiger partial charge in [-0.2, -0.15) is 0 Å². The zero-order chi connectivity index (χ0) is 10.3. The maximum absolute atomic E-state index is 9.64. The van der Waals surface area contributed by atoms with Crippen LogP contribution in [-0.4, -0.2) is 49.2 Å². The molecule has 0 amide bonds. The van der Waals surface area contributed by atoms with E-state index in [0.29, 0.717) is 0 Å². The van der Waals surface area contributed by atoms with Crippen LogP contribution >= 0.6 is 0 Å². The van der Waals surface area contributed by atoms with Crippen LogP contribution in [0.4, 0.5) is 0 Å². The minimum Gasteiger partial charge on any atom is -0.388 e. The van der Waals surface area contributed by atoms with Gasteiger partial charge in [-0.3, -0.25) is 0 Å². The van der Waals surface area contributed by atoms with E-state index in [1.165, 1.54) is 0 Å². The van der Waals surface area contributed by atoms with Gasteiger partial charge in [0, 0.05) is 7.11 Å². The van der Waals surface area contributed by atoms with Gasteiger partial charge in [-0.05, 0) is 13.8 Å². The predicted molar refractivity (Wildman–Crippen MR) is 46.6 cm³/mol. The molecule has 0 aromatic heterocycles. The average Bonchev–Trinajstić information content (AvgIpc) is 2.42. The van der Waals surface area contributed by atoms with E-state index in [2.05, 4.69) is 0 Å². The molecule has 82 valence electrons. The molecule has 0 aromatic carbocycles. The van der Waals surface area contributed by atoms with Crippen molar-refractivity contribution in [1.82, 2.24) is 0 Å². The Morgan fingerprint density at radius 3 is 2.57 bits per heavy atom. The molecule has 0 aliphatic carbocycles. The fourth-order valence-electron chi connectivity index (χ4n) is 1.91. The van der Waals surface area contributed by atoms with Crippen molar-refractivity contribution in [2.75, 3.05) is 13.7 Å². The van der Waals surface area contributed by atoms with Crippen LogP contribution in [0.25, 0.3) is 0 Å². The lowest BCUT2D eigenvalue weighted by Gasteiger charge is -2.33. The van der Waals surface area contributed by atoms with Crippen LogP contribution in [0.3, 0.4) is 0 Å². The predicted octanol–water partition coefficient (Wildman–Crippen LogP) is -0.130. The van der Waals surface area contributed by atoms with Gasteiger partial charge in [0.1, 0.15) is 18.3 Å². The molecule has 0 bridgehead atoms. The molecule has 2 aliphatic rings. The highest BCUT2D eigenvalue weighted by molar-refractivity contribution is 4.91. The number of aliphatic hydroxyl groups excluding tert-OH is 1. The number of hydrogen-bond acceptors (Lipinski definition) is 5. The maximum atomic E-state index is 9.64. The summed E-state index contributed by atoms with van der Waals surface area (Å²) in [7, 11) is 1.55. The summed E-state index contributed by atoms with van der Waals surface area (Å²) in [5.74, 6) is -0.680. The SMILES string of the molecule is CO[C@H]1OC[C@@H](O)[C@@H]2OC(C)(C)O[C@@H]12. The van der Waals surface area contributed by atoms with Gasteiger partial charge in [0.25, 0.3) is 0 Å². The Balaban J connectivity index is 2.14. The van der Waals surface area contributed by atoms with E-state index in [1.807, 2.05) is 13.8 Å². The summed E-state index contributed by atoms with van der Waals surface area (Å²) in [6.45, 7) is 3.84. The van der Waals surface area contributed by atoms with Crippen LogP contribution < -0.4 is 0 Å². The van der Waals surface area contributed by atoms with Gasteiger partial charge in [-0.15, -0.1) is 0 Å². The first-order chi connectivity index (χ1) is 6.53. The second-order valence-electron chi connectivity index (χ2n) is 4.07. The van der Waals surface area contributed by atoms with E-state index in [1.54, 1.807) is 7.11 Å². The Hall–Kier alpha value is -0.200. The first-order valence-electron chi connectivity index (χ1n) is 4.71. The summed E-state index contributed by atoms with van der Waals surface area (Å²) in [6, 6.07) is 0. The van der Waals surface area contributed by atoms with Gasteiger partial charge in [0.2, 0.25) is 0 Å². The lowest BCUT2D eigenvalue weighted by Crippen LogP contribution is -2.51. The number of hydrogen-bond donors (Lipinski definition) is 1. The van der Waals surface area contributed by atoms with Crippen molar-refractivity contribution in [2.45, 2.75) is 44.2 Å². The highest BCUT2D eigenvalue weighted by Crippen LogP contribution is 2.35. The third kappa shape index (κ3) is 1.66. The molecule has 2 fully saturated rings. The zero-order valence-corrected chi connectivity index (χ0v) is 8.60. The van der Waals surface area contributed by atoms with Crippen LogP contribution in [0.5, 0.6) is 0 Å². The Morgan fingerprint density at radius 2 is 1.93 bits per heavy atom. The lowest BCUT2D eigenvalue weighted by atomic mass is 10.1. The van der Waals surface area contributed by atoms with Crippen LogP contribution in [0.2, 0.25) is 0 Å². The van der Waals surface area contributed by atoms with Crippen molar-refractivity contribution in [3.8, 4) is 0 Å². The van der Waals surface area contributed by atoms with Gasteiger partial charge in [-0.1, -0.05) is 0 Å². The monoisotopic (exact) mass is 204 g/mol. The fourth-order valence-corrected chi connectivity index (χ4v) is 1.91. The number of methoxy groups -OCH3 is 1. The van der Waals surface area contributed by atoms with Crippen LogP contribution in [0.15, 0.2) is 0 Å². The van der Waals surface area contributed by atoms with Crippen LogP contribution in [-0.2, 0) is 18.9 Å². The number of ether oxygens (including phenoxy) is 4. The Labute approximate surface area is 82.9 Å². The highest BCUT2D eigenvalue weighted by Gasteiger charge is 2.51. The molecular formula is C9H16O5. The largest absolute Gasteiger partial charge is 0.388 e. The van der Waals surface area contributed by atoms with E-state index in [-0.39, 0.29) is 18.8 Å². The molecule has 0 saturated carbocycles. The van der Waals surface area contributed by atoms with Crippen molar-refractivity contribution in [1.29, 1.82) is 0 Å².